The van der Waals surface area contributed by atoms with Crippen LogP contribution in [0.1, 0.15) is 55.0 Å². The van der Waals surface area contributed by atoms with E-state index in [9.17, 15) is 4.79 Å². The van der Waals surface area contributed by atoms with Gasteiger partial charge in [-0.1, -0.05) is 56.2 Å². The molecule has 216 valence electrons. The largest absolute Gasteiger partial charge is 0.343 e. The predicted molar refractivity (Wildman–Crippen MR) is 175 cm³/mol. The van der Waals surface area contributed by atoms with Crippen LogP contribution in [0.2, 0.25) is 0 Å². The van der Waals surface area contributed by atoms with E-state index in [0.717, 1.165) is 67.2 Å². The molecular weight excluding hydrogens is 538 g/mol. The summed E-state index contributed by atoms with van der Waals surface area (Å²) in [6.45, 7) is 6.22. The van der Waals surface area contributed by atoms with Crippen LogP contribution in [0, 0.1) is 0 Å². The highest BCUT2D eigenvalue weighted by molar-refractivity contribution is 7.19. The molecule has 0 atom stereocenters. The third kappa shape index (κ3) is 6.63. The second-order valence-electron chi connectivity index (χ2n) is 11.2. The molecule has 0 radical (unpaired) electrons. The fourth-order valence-corrected chi connectivity index (χ4v) is 7.16. The van der Waals surface area contributed by atoms with Gasteiger partial charge in [0.05, 0.1) is 5.39 Å². The van der Waals surface area contributed by atoms with Gasteiger partial charge in [0.25, 0.3) is 0 Å². The number of thiophene rings is 1. The van der Waals surface area contributed by atoms with Gasteiger partial charge in [0, 0.05) is 47.2 Å². The normalized spacial score (nSPS) is 14.3. The summed E-state index contributed by atoms with van der Waals surface area (Å²) >= 11 is 1.70. The Balaban J connectivity index is 1.18. The average molecular weight is 578 g/mol. The van der Waals surface area contributed by atoms with E-state index < -0.39 is 0 Å². The Bertz CT molecular complexity index is 1680. The first-order valence-electron chi connectivity index (χ1n) is 15.2. The number of piperidine rings is 1. The van der Waals surface area contributed by atoms with Crippen molar-refractivity contribution in [2.24, 2.45) is 0 Å². The lowest BCUT2D eigenvalue weighted by Crippen LogP contribution is -2.29. The van der Waals surface area contributed by atoms with Crippen LogP contribution in [0.25, 0.3) is 21.1 Å². The van der Waals surface area contributed by atoms with Crippen LogP contribution in [0.15, 0.2) is 79.3 Å². The number of nitrogens with zero attached hydrogens (tertiary/aromatic N) is 4. The Morgan fingerprint density at radius 1 is 1.02 bits per heavy atom. The zero-order valence-corrected chi connectivity index (χ0v) is 25.2. The third-order valence-electron chi connectivity index (χ3n) is 8.11. The van der Waals surface area contributed by atoms with Gasteiger partial charge in [-0.15, -0.1) is 11.3 Å². The van der Waals surface area contributed by atoms with Crippen molar-refractivity contribution in [1.82, 2.24) is 19.4 Å². The number of nitrogens with one attached hydrogen (secondary N) is 1. The van der Waals surface area contributed by atoms with Crippen LogP contribution in [0.3, 0.4) is 0 Å². The summed E-state index contributed by atoms with van der Waals surface area (Å²) in [5.41, 5.74) is 4.77. The lowest BCUT2D eigenvalue weighted by Gasteiger charge is -2.24. The van der Waals surface area contributed by atoms with Crippen molar-refractivity contribution in [2.75, 3.05) is 25.0 Å². The zero-order chi connectivity index (χ0) is 28.7. The fraction of sp³-hybridized carbons (Fsp3) is 0.343. The smallest absolute Gasteiger partial charge is 0.155 e. The molecule has 1 fully saturated rings. The number of fused-ring (bicyclic) bond motifs is 2. The topological polar surface area (TPSA) is 63.1 Å². The summed E-state index contributed by atoms with van der Waals surface area (Å²) in [5, 5.41) is 5.88. The zero-order valence-electron chi connectivity index (χ0n) is 24.4. The number of benzene rings is 2. The van der Waals surface area contributed by atoms with E-state index in [4.69, 9.17) is 0 Å². The molecule has 5 aromatic rings. The Kier molecular flexibility index (Phi) is 9.06. The highest BCUT2D eigenvalue weighted by Crippen LogP contribution is 2.37. The van der Waals surface area contributed by atoms with Gasteiger partial charge in [-0.3, -0.25) is 9.69 Å². The predicted octanol–water partition coefficient (Wildman–Crippen LogP) is 7.93. The van der Waals surface area contributed by atoms with Gasteiger partial charge in [-0.2, -0.15) is 0 Å². The molecule has 0 spiro atoms. The van der Waals surface area contributed by atoms with E-state index in [1.165, 1.54) is 46.2 Å². The van der Waals surface area contributed by atoms with E-state index in [-0.39, 0.29) is 5.78 Å². The van der Waals surface area contributed by atoms with Crippen molar-refractivity contribution < 1.29 is 4.79 Å². The summed E-state index contributed by atoms with van der Waals surface area (Å²) in [4.78, 5) is 26.7. The molecule has 0 unspecified atom stereocenters. The number of aromatic nitrogens is 3. The molecule has 1 N–H and O–H groups in total. The highest BCUT2D eigenvalue weighted by atomic mass is 32.1. The van der Waals surface area contributed by atoms with Gasteiger partial charge in [0.15, 0.2) is 5.78 Å². The van der Waals surface area contributed by atoms with E-state index in [1.54, 1.807) is 23.7 Å². The molecule has 6 nitrogen and oxygen atoms in total. The maximum absolute atomic E-state index is 12.7. The van der Waals surface area contributed by atoms with Crippen molar-refractivity contribution in [3.8, 4) is 0 Å². The van der Waals surface area contributed by atoms with Gasteiger partial charge in [0.1, 0.15) is 17.0 Å². The first-order valence-corrected chi connectivity index (χ1v) is 16.1. The Morgan fingerprint density at radius 3 is 2.71 bits per heavy atom. The molecule has 1 aliphatic rings. The molecule has 1 saturated heterocycles. The molecule has 2 aromatic carbocycles. The number of rotatable bonds is 12. The van der Waals surface area contributed by atoms with E-state index in [2.05, 4.69) is 92.5 Å². The highest BCUT2D eigenvalue weighted by Gasteiger charge is 2.18. The molecule has 0 bridgehead atoms. The van der Waals surface area contributed by atoms with Crippen molar-refractivity contribution in [2.45, 2.75) is 58.4 Å². The minimum absolute atomic E-state index is 0.198. The maximum Gasteiger partial charge on any atom is 0.155 e. The monoisotopic (exact) mass is 577 g/mol. The number of hydrogen-bond acceptors (Lipinski definition) is 6. The number of hydrogen-bond donors (Lipinski definition) is 1. The number of aryl methyl sites for hydroxylation is 2. The molecule has 7 heteroatoms. The number of carbonyl (C=O) groups is 1. The Hall–Kier alpha value is -3.81. The molecule has 1 aliphatic heterocycles. The van der Waals surface area contributed by atoms with Crippen LogP contribution in [0.5, 0.6) is 0 Å². The minimum atomic E-state index is 0.198. The molecule has 3 aromatic heterocycles. The Labute approximate surface area is 252 Å². The molecule has 0 aliphatic carbocycles. The van der Waals surface area contributed by atoms with Crippen molar-refractivity contribution >= 4 is 49.7 Å². The van der Waals surface area contributed by atoms with Gasteiger partial charge in [-0.05, 0) is 80.2 Å². The van der Waals surface area contributed by atoms with E-state index in [0.29, 0.717) is 6.42 Å². The number of ketones is 1. The second kappa shape index (κ2) is 13.4. The van der Waals surface area contributed by atoms with Crippen LogP contribution >= 0.6 is 11.3 Å². The van der Waals surface area contributed by atoms with Crippen molar-refractivity contribution in [3.05, 3.63) is 95.3 Å². The summed E-state index contributed by atoms with van der Waals surface area (Å²) in [6, 6.07) is 19.2. The lowest BCUT2D eigenvalue weighted by atomic mass is 10.0. The average Bonchev–Trinajstić information content (AvgIpc) is 3.58. The number of anilines is 2. The van der Waals surface area contributed by atoms with Gasteiger partial charge in [0.2, 0.25) is 0 Å². The van der Waals surface area contributed by atoms with Gasteiger partial charge in [-0.25, -0.2) is 9.97 Å². The summed E-state index contributed by atoms with van der Waals surface area (Å²) < 4.78 is 2.28. The van der Waals surface area contributed by atoms with Crippen molar-refractivity contribution in [3.63, 3.8) is 0 Å². The quantitative estimate of drug-likeness (QED) is 0.153. The number of carbonyl (C=O) groups excluding carboxylic acids is 1. The summed E-state index contributed by atoms with van der Waals surface area (Å²) in [5.74, 6) is 1.03. The minimum Gasteiger partial charge on any atom is -0.343 e. The van der Waals surface area contributed by atoms with E-state index in [1.807, 2.05) is 6.08 Å². The SMILES string of the molecule is CCCc1c(CCC(=O)/C=C/CN2CCCCC2)sc2ncnc(Nc3ccc4c(ccn4Cc4ccccc4)c3)c12. The number of likely N-dealkylation sites (tertiary alicyclic amines) is 1. The third-order valence-corrected chi connectivity index (χ3v) is 9.31. The summed E-state index contributed by atoms with van der Waals surface area (Å²) in [7, 11) is 0. The standard InChI is InChI=1S/C35H39N5OS/c1-2-10-30-32(17-15-29(41)13-9-21-39-19-7-4-8-20-39)42-35-33(30)34(36-25-37-35)38-28-14-16-31-27(23-28)18-22-40(31)24-26-11-5-3-6-12-26/h3,5-6,9,11-14,16,18,22-23,25H,2,4,7-8,10,15,17,19-21,24H2,1H3,(H,36,37,38)/b13-9+. The Morgan fingerprint density at radius 2 is 1.88 bits per heavy atom. The fourth-order valence-electron chi connectivity index (χ4n) is 5.98. The molecule has 4 heterocycles. The van der Waals surface area contributed by atoms with Gasteiger partial charge < -0.3 is 9.88 Å². The molecule has 6 rings (SSSR count). The van der Waals surface area contributed by atoms with Gasteiger partial charge >= 0.3 is 0 Å². The first kappa shape index (κ1) is 28.3. The number of allylic oxidation sites excluding steroid dienone is 1. The lowest BCUT2D eigenvalue weighted by molar-refractivity contribution is -0.114. The van der Waals surface area contributed by atoms with Crippen LogP contribution in [-0.4, -0.2) is 44.9 Å². The molecule has 0 amide bonds. The second-order valence-corrected chi connectivity index (χ2v) is 12.3. The summed E-state index contributed by atoms with van der Waals surface area (Å²) in [6.07, 6.45) is 14.7. The van der Waals surface area contributed by atoms with E-state index >= 15 is 0 Å². The maximum atomic E-state index is 12.7. The molecule has 0 saturated carbocycles. The van der Waals surface area contributed by atoms with Crippen LogP contribution in [0.4, 0.5) is 11.5 Å². The van der Waals surface area contributed by atoms with Crippen molar-refractivity contribution in [1.29, 1.82) is 0 Å². The first-order chi connectivity index (χ1) is 20.7. The van der Waals surface area contributed by atoms with Crippen LogP contribution in [-0.2, 0) is 24.2 Å². The van der Waals surface area contributed by atoms with Crippen LogP contribution < -0.4 is 5.32 Å². The molecule has 42 heavy (non-hydrogen) atoms. The molecular formula is C35H39N5OS.